The van der Waals surface area contributed by atoms with Gasteiger partial charge in [0.05, 0.1) is 11.7 Å². The topological polar surface area (TPSA) is 58.1 Å². The Labute approximate surface area is 131 Å². The standard InChI is InChI=1S/C17H22N4O/c1-17(2,3)20-13-10-14(16(22)7-9-21(4)5)19-15-11-18-8-6-12(13)15/h6-11H,1-5H3,(H,19,20)/b9-7+. The van der Waals surface area contributed by atoms with Crippen LogP contribution in [0.25, 0.3) is 10.9 Å². The zero-order chi connectivity index (χ0) is 16.3. The Morgan fingerprint density at radius 3 is 2.68 bits per heavy atom. The van der Waals surface area contributed by atoms with E-state index in [1.807, 2.05) is 25.1 Å². The van der Waals surface area contributed by atoms with E-state index in [0.29, 0.717) is 11.2 Å². The van der Waals surface area contributed by atoms with Crippen molar-refractivity contribution < 1.29 is 4.79 Å². The largest absolute Gasteiger partial charge is 0.383 e. The molecule has 2 rings (SSSR count). The molecule has 0 saturated heterocycles. The number of ketones is 1. The van der Waals surface area contributed by atoms with Gasteiger partial charge >= 0.3 is 0 Å². The van der Waals surface area contributed by atoms with Crippen LogP contribution in [-0.2, 0) is 0 Å². The minimum atomic E-state index is -0.128. The highest BCUT2D eigenvalue weighted by Gasteiger charge is 2.15. The second-order valence-electron chi connectivity index (χ2n) is 6.47. The Morgan fingerprint density at radius 1 is 1.32 bits per heavy atom. The molecule has 0 aromatic carbocycles. The van der Waals surface area contributed by atoms with Gasteiger partial charge in [-0.1, -0.05) is 0 Å². The van der Waals surface area contributed by atoms with E-state index < -0.39 is 0 Å². The van der Waals surface area contributed by atoms with Crippen molar-refractivity contribution in [2.24, 2.45) is 0 Å². The van der Waals surface area contributed by atoms with Crippen LogP contribution in [0.1, 0.15) is 31.3 Å². The lowest BCUT2D eigenvalue weighted by atomic mass is 10.1. The number of hydrogen-bond donors (Lipinski definition) is 1. The molecular weight excluding hydrogens is 276 g/mol. The van der Waals surface area contributed by atoms with E-state index in [4.69, 9.17) is 0 Å². The van der Waals surface area contributed by atoms with Crippen LogP contribution in [0.2, 0.25) is 0 Å². The Bertz CT molecular complexity index is 714. The third-order valence-electron chi connectivity index (χ3n) is 2.90. The van der Waals surface area contributed by atoms with Crippen molar-refractivity contribution in [1.29, 1.82) is 0 Å². The van der Waals surface area contributed by atoms with Crippen molar-refractivity contribution in [2.75, 3.05) is 19.4 Å². The molecule has 0 radical (unpaired) electrons. The van der Waals surface area contributed by atoms with Crippen LogP contribution in [0.5, 0.6) is 0 Å². The lowest BCUT2D eigenvalue weighted by molar-refractivity contribution is 0.104. The fourth-order valence-corrected chi connectivity index (χ4v) is 2.02. The molecule has 22 heavy (non-hydrogen) atoms. The Balaban J connectivity index is 2.50. The maximum absolute atomic E-state index is 12.3. The van der Waals surface area contributed by atoms with Crippen LogP contribution in [-0.4, -0.2) is 40.3 Å². The number of carbonyl (C=O) groups excluding carboxylic acids is 1. The summed E-state index contributed by atoms with van der Waals surface area (Å²) in [5, 5.41) is 4.39. The van der Waals surface area contributed by atoms with Gasteiger partial charge in [0, 0.05) is 49.2 Å². The molecule has 0 aliphatic rings. The minimum Gasteiger partial charge on any atom is -0.383 e. The summed E-state index contributed by atoms with van der Waals surface area (Å²) in [5.41, 5.74) is 1.89. The molecule has 0 amide bonds. The smallest absolute Gasteiger partial charge is 0.205 e. The highest BCUT2D eigenvalue weighted by atomic mass is 16.1. The number of anilines is 1. The fraction of sp³-hybridized carbons (Fsp3) is 0.353. The van der Waals surface area contributed by atoms with Crippen LogP contribution >= 0.6 is 0 Å². The summed E-state index contributed by atoms with van der Waals surface area (Å²) in [5.74, 6) is -0.128. The summed E-state index contributed by atoms with van der Waals surface area (Å²) in [7, 11) is 3.74. The molecule has 0 bridgehead atoms. The van der Waals surface area contributed by atoms with Gasteiger partial charge < -0.3 is 10.2 Å². The van der Waals surface area contributed by atoms with E-state index in [1.165, 1.54) is 6.08 Å². The van der Waals surface area contributed by atoms with Crippen molar-refractivity contribution in [3.05, 3.63) is 42.5 Å². The lowest BCUT2D eigenvalue weighted by Gasteiger charge is -2.23. The number of aromatic nitrogens is 2. The summed E-state index contributed by atoms with van der Waals surface area (Å²) < 4.78 is 0. The van der Waals surface area contributed by atoms with Gasteiger partial charge in [-0.05, 0) is 32.9 Å². The molecule has 0 fully saturated rings. The van der Waals surface area contributed by atoms with Crippen molar-refractivity contribution in [2.45, 2.75) is 26.3 Å². The summed E-state index contributed by atoms with van der Waals surface area (Å²) in [4.78, 5) is 22.6. The first-order chi connectivity index (χ1) is 10.3. The SMILES string of the molecule is CN(C)/C=C/C(=O)c1cc(NC(C)(C)C)c2ccncc2n1. The fourth-order valence-electron chi connectivity index (χ4n) is 2.02. The molecule has 5 nitrogen and oxygen atoms in total. The van der Waals surface area contributed by atoms with E-state index in [9.17, 15) is 4.79 Å². The molecule has 2 aromatic rings. The highest BCUT2D eigenvalue weighted by molar-refractivity contribution is 6.06. The maximum atomic E-state index is 12.3. The Kier molecular flexibility index (Phi) is 4.45. The number of rotatable bonds is 4. The second kappa shape index (κ2) is 6.13. The minimum absolute atomic E-state index is 0.114. The average molecular weight is 298 g/mol. The number of pyridine rings is 2. The van der Waals surface area contributed by atoms with Gasteiger partial charge in [-0.15, -0.1) is 0 Å². The van der Waals surface area contributed by atoms with Gasteiger partial charge in [-0.2, -0.15) is 0 Å². The second-order valence-corrected chi connectivity index (χ2v) is 6.47. The first-order valence-corrected chi connectivity index (χ1v) is 7.18. The summed E-state index contributed by atoms with van der Waals surface area (Å²) in [6.45, 7) is 6.23. The van der Waals surface area contributed by atoms with Crippen LogP contribution in [0, 0.1) is 0 Å². The van der Waals surface area contributed by atoms with Gasteiger partial charge in [0.15, 0.2) is 0 Å². The van der Waals surface area contributed by atoms with Crippen molar-refractivity contribution in [1.82, 2.24) is 14.9 Å². The van der Waals surface area contributed by atoms with E-state index in [0.717, 1.165) is 11.1 Å². The van der Waals surface area contributed by atoms with Gasteiger partial charge in [0.1, 0.15) is 5.69 Å². The molecule has 0 atom stereocenters. The van der Waals surface area contributed by atoms with Crippen LogP contribution < -0.4 is 5.32 Å². The maximum Gasteiger partial charge on any atom is 0.205 e. The van der Waals surface area contributed by atoms with Crippen LogP contribution in [0.3, 0.4) is 0 Å². The van der Waals surface area contributed by atoms with Crippen molar-refractivity contribution in [3.63, 3.8) is 0 Å². The molecule has 0 aliphatic heterocycles. The third-order valence-corrected chi connectivity index (χ3v) is 2.90. The Morgan fingerprint density at radius 2 is 2.05 bits per heavy atom. The molecule has 116 valence electrons. The normalized spacial score (nSPS) is 11.9. The van der Waals surface area contributed by atoms with Gasteiger partial charge in [0.25, 0.3) is 0 Å². The number of carbonyl (C=O) groups is 1. The molecule has 2 heterocycles. The van der Waals surface area contributed by atoms with Crippen molar-refractivity contribution in [3.8, 4) is 0 Å². The van der Waals surface area contributed by atoms with Gasteiger partial charge in [0.2, 0.25) is 5.78 Å². The molecule has 0 saturated carbocycles. The predicted molar refractivity (Wildman–Crippen MR) is 90.1 cm³/mol. The zero-order valence-electron chi connectivity index (χ0n) is 13.7. The Hall–Kier alpha value is -2.43. The first-order valence-electron chi connectivity index (χ1n) is 7.18. The quantitative estimate of drug-likeness (QED) is 0.694. The number of nitrogens with zero attached hydrogens (tertiary/aromatic N) is 3. The molecule has 2 aromatic heterocycles. The van der Waals surface area contributed by atoms with Crippen LogP contribution in [0.4, 0.5) is 5.69 Å². The zero-order valence-corrected chi connectivity index (χ0v) is 13.7. The van der Waals surface area contributed by atoms with Crippen LogP contribution in [0.15, 0.2) is 36.8 Å². The molecule has 1 N–H and O–H groups in total. The molecule has 0 unspecified atom stereocenters. The molecule has 5 heteroatoms. The average Bonchev–Trinajstić information content (AvgIpc) is 2.43. The predicted octanol–water partition coefficient (Wildman–Crippen LogP) is 3.10. The van der Waals surface area contributed by atoms with Gasteiger partial charge in [-0.25, -0.2) is 4.98 Å². The highest BCUT2D eigenvalue weighted by Crippen LogP contribution is 2.25. The first kappa shape index (κ1) is 15.9. The number of allylic oxidation sites excluding steroid dienone is 1. The van der Waals surface area contributed by atoms with Crippen molar-refractivity contribution >= 4 is 22.4 Å². The molecular formula is C17H22N4O. The van der Waals surface area contributed by atoms with E-state index in [-0.39, 0.29) is 11.3 Å². The lowest BCUT2D eigenvalue weighted by Crippen LogP contribution is -2.26. The summed E-state index contributed by atoms with van der Waals surface area (Å²) in [6, 6.07) is 3.70. The van der Waals surface area contributed by atoms with E-state index in [2.05, 4.69) is 36.1 Å². The monoisotopic (exact) mass is 298 g/mol. The molecule has 0 spiro atoms. The van der Waals surface area contributed by atoms with E-state index >= 15 is 0 Å². The number of nitrogens with one attached hydrogen (secondary N) is 1. The number of fused-ring (bicyclic) bond motifs is 1. The number of hydrogen-bond acceptors (Lipinski definition) is 5. The summed E-state index contributed by atoms with van der Waals surface area (Å²) >= 11 is 0. The summed E-state index contributed by atoms with van der Waals surface area (Å²) in [6.07, 6.45) is 6.64. The van der Waals surface area contributed by atoms with Gasteiger partial charge in [-0.3, -0.25) is 9.78 Å². The van der Waals surface area contributed by atoms with E-state index in [1.54, 1.807) is 24.7 Å². The molecule has 0 aliphatic carbocycles. The third kappa shape index (κ3) is 4.04.